The van der Waals surface area contributed by atoms with E-state index in [9.17, 15) is 4.79 Å². The summed E-state index contributed by atoms with van der Waals surface area (Å²) < 4.78 is 0. The number of carbonyl (C=O) groups is 1. The van der Waals surface area contributed by atoms with E-state index in [0.717, 1.165) is 5.56 Å². The molecule has 0 radical (unpaired) electrons. The number of halogens is 3. The van der Waals surface area contributed by atoms with E-state index in [1.807, 2.05) is 0 Å². The second-order valence-electron chi connectivity index (χ2n) is 3.86. The molecule has 2 aromatic carbocycles. The molecule has 0 N–H and O–H groups in total. The molecular formula is C14H9Cl3O. The van der Waals surface area contributed by atoms with Crippen LogP contribution in [-0.4, -0.2) is 5.78 Å². The molecule has 0 aliphatic rings. The summed E-state index contributed by atoms with van der Waals surface area (Å²) in [5.41, 5.74) is 1.42. The molecule has 2 rings (SSSR count). The lowest BCUT2D eigenvalue weighted by atomic mass is 10.0. The van der Waals surface area contributed by atoms with E-state index in [1.54, 1.807) is 42.5 Å². The van der Waals surface area contributed by atoms with Crippen LogP contribution in [0.1, 0.15) is 15.9 Å². The van der Waals surface area contributed by atoms with Gasteiger partial charge in [-0.2, -0.15) is 0 Å². The molecule has 0 spiro atoms. The predicted molar refractivity (Wildman–Crippen MR) is 75.9 cm³/mol. The molecular weight excluding hydrogens is 291 g/mol. The van der Waals surface area contributed by atoms with Gasteiger partial charge in [0.15, 0.2) is 5.78 Å². The van der Waals surface area contributed by atoms with Gasteiger partial charge < -0.3 is 0 Å². The third-order valence-corrected chi connectivity index (χ3v) is 3.47. The first-order valence-electron chi connectivity index (χ1n) is 5.29. The molecule has 1 nitrogen and oxygen atoms in total. The van der Waals surface area contributed by atoms with E-state index in [0.29, 0.717) is 20.6 Å². The molecule has 0 saturated carbocycles. The standard InChI is InChI=1S/C14H9Cl3O/c15-11-3-1-2-10(8-11)14(18)7-9-4-5-12(16)13(17)6-9/h1-6,8H,7H2. The maximum atomic E-state index is 12.0. The molecule has 4 heteroatoms. The number of ketones is 1. The zero-order chi connectivity index (χ0) is 13.1. The zero-order valence-corrected chi connectivity index (χ0v) is 11.6. The number of rotatable bonds is 3. The molecule has 92 valence electrons. The van der Waals surface area contributed by atoms with Gasteiger partial charge in [-0.15, -0.1) is 0 Å². The minimum absolute atomic E-state index is 0.00381. The van der Waals surface area contributed by atoms with Gasteiger partial charge in [-0.05, 0) is 29.8 Å². The Balaban J connectivity index is 2.18. The summed E-state index contributed by atoms with van der Waals surface area (Å²) in [5, 5.41) is 1.48. The summed E-state index contributed by atoms with van der Waals surface area (Å²) in [6.07, 6.45) is 0.275. The molecule has 0 atom stereocenters. The van der Waals surface area contributed by atoms with Gasteiger partial charge in [0.25, 0.3) is 0 Å². The van der Waals surface area contributed by atoms with Gasteiger partial charge in [0.1, 0.15) is 0 Å². The Morgan fingerprint density at radius 1 is 0.944 bits per heavy atom. The van der Waals surface area contributed by atoms with Gasteiger partial charge in [0.2, 0.25) is 0 Å². The van der Waals surface area contributed by atoms with Crippen molar-refractivity contribution in [3.05, 3.63) is 68.7 Å². The Hall–Kier alpha value is -1.02. The Labute approximate surface area is 120 Å². The van der Waals surface area contributed by atoms with Crippen LogP contribution in [0, 0.1) is 0 Å². The van der Waals surface area contributed by atoms with Gasteiger partial charge in [-0.1, -0.05) is 53.0 Å². The summed E-state index contributed by atoms with van der Waals surface area (Å²) in [6, 6.07) is 12.1. The van der Waals surface area contributed by atoms with Crippen LogP contribution in [0.5, 0.6) is 0 Å². The second-order valence-corrected chi connectivity index (χ2v) is 5.11. The zero-order valence-electron chi connectivity index (χ0n) is 9.29. The fourth-order valence-electron chi connectivity index (χ4n) is 1.60. The molecule has 0 aliphatic carbocycles. The fraction of sp³-hybridized carbons (Fsp3) is 0.0714. The molecule has 0 amide bonds. The van der Waals surface area contributed by atoms with Crippen LogP contribution in [0.25, 0.3) is 0 Å². The van der Waals surface area contributed by atoms with Gasteiger partial charge >= 0.3 is 0 Å². The summed E-state index contributed by atoms with van der Waals surface area (Å²) in [6.45, 7) is 0. The molecule has 0 unspecified atom stereocenters. The van der Waals surface area contributed by atoms with Gasteiger partial charge in [0.05, 0.1) is 10.0 Å². The largest absolute Gasteiger partial charge is 0.294 e. The van der Waals surface area contributed by atoms with E-state index in [2.05, 4.69) is 0 Å². The topological polar surface area (TPSA) is 17.1 Å². The van der Waals surface area contributed by atoms with Crippen molar-refractivity contribution in [1.82, 2.24) is 0 Å². The Bertz CT molecular complexity index is 593. The van der Waals surface area contributed by atoms with Crippen molar-refractivity contribution in [2.24, 2.45) is 0 Å². The highest BCUT2D eigenvalue weighted by atomic mass is 35.5. The first-order chi connectivity index (χ1) is 8.56. The predicted octanol–water partition coefficient (Wildman–Crippen LogP) is 5.07. The molecule has 0 aromatic heterocycles. The lowest BCUT2D eigenvalue weighted by Crippen LogP contribution is -2.03. The smallest absolute Gasteiger partial charge is 0.167 e. The molecule has 0 heterocycles. The minimum atomic E-state index is -0.00381. The Kier molecular flexibility index (Phi) is 4.28. The van der Waals surface area contributed by atoms with Crippen molar-refractivity contribution in [2.75, 3.05) is 0 Å². The maximum absolute atomic E-state index is 12.0. The molecule has 2 aromatic rings. The fourth-order valence-corrected chi connectivity index (χ4v) is 2.11. The van der Waals surface area contributed by atoms with Crippen molar-refractivity contribution in [3.63, 3.8) is 0 Å². The lowest BCUT2D eigenvalue weighted by Gasteiger charge is -2.03. The molecule has 0 fully saturated rings. The van der Waals surface area contributed by atoms with Crippen LogP contribution in [-0.2, 0) is 6.42 Å². The minimum Gasteiger partial charge on any atom is -0.294 e. The summed E-state index contributed by atoms with van der Waals surface area (Å²) in [7, 11) is 0. The van der Waals surface area contributed by atoms with Crippen LogP contribution in [0.15, 0.2) is 42.5 Å². The normalized spacial score (nSPS) is 10.4. The van der Waals surface area contributed by atoms with Crippen molar-refractivity contribution in [3.8, 4) is 0 Å². The SMILES string of the molecule is O=C(Cc1ccc(Cl)c(Cl)c1)c1cccc(Cl)c1. The average molecular weight is 300 g/mol. The third-order valence-electron chi connectivity index (χ3n) is 2.50. The highest BCUT2D eigenvalue weighted by molar-refractivity contribution is 6.42. The van der Waals surface area contributed by atoms with E-state index < -0.39 is 0 Å². The van der Waals surface area contributed by atoms with E-state index in [-0.39, 0.29) is 12.2 Å². The van der Waals surface area contributed by atoms with Gasteiger partial charge in [0, 0.05) is 17.0 Å². The van der Waals surface area contributed by atoms with E-state index in [1.165, 1.54) is 0 Å². The molecule has 0 saturated heterocycles. The maximum Gasteiger partial charge on any atom is 0.167 e. The van der Waals surface area contributed by atoms with Gasteiger partial charge in [-0.25, -0.2) is 0 Å². The first-order valence-corrected chi connectivity index (χ1v) is 6.42. The Morgan fingerprint density at radius 2 is 1.72 bits per heavy atom. The number of hydrogen-bond acceptors (Lipinski definition) is 1. The van der Waals surface area contributed by atoms with Crippen LogP contribution in [0.3, 0.4) is 0 Å². The second kappa shape index (κ2) is 5.75. The van der Waals surface area contributed by atoms with E-state index >= 15 is 0 Å². The highest BCUT2D eigenvalue weighted by Gasteiger charge is 2.08. The average Bonchev–Trinajstić information content (AvgIpc) is 2.34. The third kappa shape index (κ3) is 3.26. The number of Topliss-reactive ketones (excluding diaryl/α,β-unsaturated/α-hetero) is 1. The van der Waals surface area contributed by atoms with Crippen molar-refractivity contribution >= 4 is 40.6 Å². The number of hydrogen-bond donors (Lipinski definition) is 0. The monoisotopic (exact) mass is 298 g/mol. The van der Waals surface area contributed by atoms with Crippen LogP contribution in [0.4, 0.5) is 0 Å². The molecule has 0 bridgehead atoms. The first kappa shape index (κ1) is 13.4. The Morgan fingerprint density at radius 3 is 2.39 bits per heavy atom. The number of benzene rings is 2. The summed E-state index contributed by atoms with van der Waals surface area (Å²) >= 11 is 17.6. The molecule has 18 heavy (non-hydrogen) atoms. The van der Waals surface area contributed by atoms with Gasteiger partial charge in [-0.3, -0.25) is 4.79 Å². The van der Waals surface area contributed by atoms with Crippen LogP contribution >= 0.6 is 34.8 Å². The summed E-state index contributed by atoms with van der Waals surface area (Å²) in [4.78, 5) is 12.0. The van der Waals surface area contributed by atoms with Crippen LogP contribution in [0.2, 0.25) is 15.1 Å². The lowest BCUT2D eigenvalue weighted by molar-refractivity contribution is 0.0993. The van der Waals surface area contributed by atoms with Crippen molar-refractivity contribution < 1.29 is 4.79 Å². The van der Waals surface area contributed by atoms with E-state index in [4.69, 9.17) is 34.8 Å². The highest BCUT2D eigenvalue weighted by Crippen LogP contribution is 2.23. The molecule has 0 aliphatic heterocycles. The quantitative estimate of drug-likeness (QED) is 0.723. The van der Waals surface area contributed by atoms with Crippen molar-refractivity contribution in [1.29, 1.82) is 0 Å². The number of carbonyl (C=O) groups excluding carboxylic acids is 1. The van der Waals surface area contributed by atoms with Crippen LogP contribution < -0.4 is 0 Å². The van der Waals surface area contributed by atoms with Crippen molar-refractivity contribution in [2.45, 2.75) is 6.42 Å². The summed E-state index contributed by atoms with van der Waals surface area (Å²) in [5.74, 6) is -0.00381.